The highest BCUT2D eigenvalue weighted by atomic mass is 16.5. The van der Waals surface area contributed by atoms with Crippen LogP contribution in [0, 0.1) is 20.8 Å². The molecule has 1 fully saturated rings. The summed E-state index contributed by atoms with van der Waals surface area (Å²) in [6.45, 7) is 5.96. The lowest BCUT2D eigenvalue weighted by Crippen LogP contribution is -2.41. The summed E-state index contributed by atoms with van der Waals surface area (Å²) < 4.78 is 10.6. The molecule has 0 radical (unpaired) electrons. The van der Waals surface area contributed by atoms with E-state index in [1.165, 1.54) is 0 Å². The first kappa shape index (κ1) is 18.1. The van der Waals surface area contributed by atoms with Crippen molar-refractivity contribution in [1.29, 1.82) is 0 Å². The van der Waals surface area contributed by atoms with Crippen molar-refractivity contribution in [2.45, 2.75) is 45.9 Å². The third-order valence-corrected chi connectivity index (χ3v) is 4.60. The zero-order valence-corrected chi connectivity index (χ0v) is 15.3. The van der Waals surface area contributed by atoms with Gasteiger partial charge < -0.3 is 24.5 Å². The third kappa shape index (κ3) is 3.62. The van der Waals surface area contributed by atoms with E-state index in [2.05, 4.69) is 20.4 Å². The lowest BCUT2D eigenvalue weighted by atomic mass is 10.1. The quantitative estimate of drug-likeness (QED) is 0.850. The first-order chi connectivity index (χ1) is 12.4. The summed E-state index contributed by atoms with van der Waals surface area (Å²) in [7, 11) is 1.61. The number of methoxy groups -OCH3 is 1. The van der Waals surface area contributed by atoms with Gasteiger partial charge in [-0.1, -0.05) is 5.16 Å². The zero-order chi connectivity index (χ0) is 18.8. The Hall–Kier alpha value is -2.68. The SMILES string of the molecule is CO[C@H]1C[C@H](c2nc(C)no2)N(C(=O)NCc2c(C)cc(C)[nH]c2=O)C1. The molecule has 0 bridgehead atoms. The summed E-state index contributed by atoms with van der Waals surface area (Å²) in [6, 6.07) is 1.23. The van der Waals surface area contributed by atoms with Crippen LogP contribution >= 0.6 is 0 Å². The first-order valence-electron chi connectivity index (χ1n) is 8.46. The van der Waals surface area contributed by atoms with Gasteiger partial charge in [-0.2, -0.15) is 4.98 Å². The summed E-state index contributed by atoms with van der Waals surface area (Å²) >= 11 is 0. The summed E-state index contributed by atoms with van der Waals surface area (Å²) in [5.41, 5.74) is 1.98. The number of aromatic amines is 1. The maximum absolute atomic E-state index is 12.7. The fourth-order valence-electron chi connectivity index (χ4n) is 3.24. The van der Waals surface area contributed by atoms with Crippen LogP contribution in [0.25, 0.3) is 0 Å². The molecule has 2 aromatic heterocycles. The average molecular weight is 361 g/mol. The van der Waals surface area contributed by atoms with Gasteiger partial charge in [0.15, 0.2) is 5.82 Å². The zero-order valence-electron chi connectivity index (χ0n) is 15.3. The van der Waals surface area contributed by atoms with E-state index >= 15 is 0 Å². The number of urea groups is 1. The minimum Gasteiger partial charge on any atom is -0.380 e. The molecule has 1 aliphatic heterocycles. The summed E-state index contributed by atoms with van der Waals surface area (Å²) in [4.78, 5) is 33.4. The Kier molecular flexibility index (Phi) is 5.08. The molecule has 0 saturated carbocycles. The van der Waals surface area contributed by atoms with E-state index in [0.717, 1.165) is 11.3 Å². The standard InChI is InChI=1S/C17H23N5O4/c1-9-5-10(2)19-15(23)13(9)7-18-17(24)22-8-12(25-4)6-14(22)16-20-11(3)21-26-16/h5,12,14H,6-8H2,1-4H3,(H,18,24)(H,19,23)/t12-,14+/m0/s1. The second-order valence-corrected chi connectivity index (χ2v) is 6.54. The van der Waals surface area contributed by atoms with Crippen LogP contribution in [0.1, 0.15) is 41.0 Å². The molecule has 9 heteroatoms. The van der Waals surface area contributed by atoms with Crippen molar-refractivity contribution in [2.24, 2.45) is 0 Å². The Morgan fingerprint density at radius 3 is 2.85 bits per heavy atom. The Labute approximate surface area is 150 Å². The lowest BCUT2D eigenvalue weighted by molar-refractivity contribution is 0.110. The highest BCUT2D eigenvalue weighted by molar-refractivity contribution is 5.75. The smallest absolute Gasteiger partial charge is 0.318 e. The molecule has 2 N–H and O–H groups in total. The van der Waals surface area contributed by atoms with Crippen LogP contribution in [0.15, 0.2) is 15.4 Å². The summed E-state index contributed by atoms with van der Waals surface area (Å²) in [6.07, 6.45) is 0.470. The van der Waals surface area contributed by atoms with E-state index < -0.39 is 0 Å². The van der Waals surface area contributed by atoms with Crippen molar-refractivity contribution >= 4 is 6.03 Å². The molecule has 0 aromatic carbocycles. The number of amides is 2. The highest BCUT2D eigenvalue weighted by Gasteiger charge is 2.39. The number of ether oxygens (including phenoxy) is 1. The van der Waals surface area contributed by atoms with Crippen LogP contribution in [-0.4, -0.2) is 45.8 Å². The van der Waals surface area contributed by atoms with E-state index in [1.54, 1.807) is 18.9 Å². The molecule has 1 saturated heterocycles. The van der Waals surface area contributed by atoms with Crippen molar-refractivity contribution in [3.8, 4) is 0 Å². The monoisotopic (exact) mass is 361 g/mol. The predicted molar refractivity (Wildman–Crippen MR) is 92.7 cm³/mol. The number of H-pyrrole nitrogens is 1. The first-order valence-corrected chi connectivity index (χ1v) is 8.46. The normalized spacial score (nSPS) is 19.8. The van der Waals surface area contributed by atoms with Gasteiger partial charge >= 0.3 is 6.03 Å². The van der Waals surface area contributed by atoms with Gasteiger partial charge in [0.1, 0.15) is 6.04 Å². The van der Waals surface area contributed by atoms with E-state index in [0.29, 0.717) is 30.2 Å². The van der Waals surface area contributed by atoms with Crippen LogP contribution in [0.4, 0.5) is 4.79 Å². The Morgan fingerprint density at radius 2 is 2.23 bits per heavy atom. The highest BCUT2D eigenvalue weighted by Crippen LogP contribution is 2.32. The van der Waals surface area contributed by atoms with Gasteiger partial charge in [-0.3, -0.25) is 4.79 Å². The average Bonchev–Trinajstić information content (AvgIpc) is 3.19. The van der Waals surface area contributed by atoms with E-state index in [9.17, 15) is 9.59 Å². The minimum atomic E-state index is -0.349. The van der Waals surface area contributed by atoms with Crippen LogP contribution < -0.4 is 10.9 Å². The van der Waals surface area contributed by atoms with Crippen LogP contribution in [0.2, 0.25) is 0 Å². The molecular formula is C17H23N5O4. The molecule has 1 aliphatic rings. The van der Waals surface area contributed by atoms with Crippen molar-refractivity contribution in [3.05, 3.63) is 45.0 Å². The number of hydrogen-bond acceptors (Lipinski definition) is 6. The molecule has 0 aliphatic carbocycles. The third-order valence-electron chi connectivity index (χ3n) is 4.60. The van der Waals surface area contributed by atoms with Gasteiger partial charge in [0.05, 0.1) is 12.6 Å². The molecule has 2 atom stereocenters. The fraction of sp³-hybridized carbons (Fsp3) is 0.529. The number of nitrogens with zero attached hydrogens (tertiary/aromatic N) is 3. The second-order valence-electron chi connectivity index (χ2n) is 6.54. The summed E-state index contributed by atoms with van der Waals surface area (Å²) in [5, 5.41) is 6.61. The number of hydrogen-bond donors (Lipinski definition) is 2. The topological polar surface area (TPSA) is 113 Å². The molecule has 3 heterocycles. The van der Waals surface area contributed by atoms with Gasteiger partial charge in [-0.25, -0.2) is 4.79 Å². The molecule has 9 nitrogen and oxygen atoms in total. The molecule has 0 unspecified atom stereocenters. The van der Waals surface area contributed by atoms with Crippen LogP contribution in [-0.2, 0) is 11.3 Å². The number of aromatic nitrogens is 3. The molecule has 140 valence electrons. The number of aryl methyl sites for hydroxylation is 3. The van der Waals surface area contributed by atoms with Crippen molar-refractivity contribution in [2.75, 3.05) is 13.7 Å². The number of nitrogens with one attached hydrogen (secondary N) is 2. The Morgan fingerprint density at radius 1 is 1.46 bits per heavy atom. The van der Waals surface area contributed by atoms with Crippen molar-refractivity contribution < 1.29 is 14.1 Å². The maximum Gasteiger partial charge on any atom is 0.318 e. The Bertz CT molecular complexity index is 859. The lowest BCUT2D eigenvalue weighted by Gasteiger charge is -2.22. The van der Waals surface area contributed by atoms with Crippen molar-refractivity contribution in [3.63, 3.8) is 0 Å². The number of rotatable bonds is 4. The molecule has 26 heavy (non-hydrogen) atoms. The maximum atomic E-state index is 12.7. The number of pyridine rings is 1. The van der Waals surface area contributed by atoms with Crippen LogP contribution in [0.3, 0.4) is 0 Å². The number of carbonyl (C=O) groups is 1. The number of carbonyl (C=O) groups excluding carboxylic acids is 1. The molecule has 0 spiro atoms. The van der Waals surface area contributed by atoms with Gasteiger partial charge in [-0.15, -0.1) is 0 Å². The molecule has 2 aromatic rings. The van der Waals surface area contributed by atoms with E-state index in [4.69, 9.17) is 9.26 Å². The van der Waals surface area contributed by atoms with Crippen molar-refractivity contribution in [1.82, 2.24) is 25.3 Å². The summed E-state index contributed by atoms with van der Waals surface area (Å²) in [5.74, 6) is 0.907. The largest absolute Gasteiger partial charge is 0.380 e. The van der Waals surface area contributed by atoms with E-state index in [-0.39, 0.29) is 30.3 Å². The van der Waals surface area contributed by atoms with Crippen LogP contribution in [0.5, 0.6) is 0 Å². The Balaban J connectivity index is 1.74. The molecular weight excluding hydrogens is 338 g/mol. The fourth-order valence-corrected chi connectivity index (χ4v) is 3.24. The molecule has 2 amide bonds. The van der Waals surface area contributed by atoms with Gasteiger partial charge in [0.2, 0.25) is 5.89 Å². The van der Waals surface area contributed by atoms with Gasteiger partial charge in [-0.05, 0) is 32.4 Å². The number of likely N-dealkylation sites (tertiary alicyclic amines) is 1. The minimum absolute atomic E-state index is 0.109. The molecule has 3 rings (SSSR count). The van der Waals surface area contributed by atoms with Gasteiger partial charge in [0, 0.05) is 31.3 Å². The second kappa shape index (κ2) is 7.28. The predicted octanol–water partition coefficient (Wildman–Crippen LogP) is 1.35. The van der Waals surface area contributed by atoms with E-state index in [1.807, 2.05) is 19.9 Å². The van der Waals surface area contributed by atoms with Gasteiger partial charge in [0.25, 0.3) is 5.56 Å².